The highest BCUT2D eigenvalue weighted by atomic mass is 15.3. The summed E-state index contributed by atoms with van der Waals surface area (Å²) in [5.74, 6) is 0.799. The van der Waals surface area contributed by atoms with E-state index in [1.165, 1.54) is 37.8 Å². The summed E-state index contributed by atoms with van der Waals surface area (Å²) in [6, 6.07) is 3.18. The standard InChI is InChI=1S/C14H25N3/c1-11-7-5-4-6-8-13(11)16-12(2)14-9-10-15-17(14)3/h9-13,16H,4-8H2,1-3H3. The van der Waals surface area contributed by atoms with Crippen molar-refractivity contribution in [2.24, 2.45) is 13.0 Å². The molecule has 1 aromatic rings. The van der Waals surface area contributed by atoms with Crippen LogP contribution in [0.25, 0.3) is 0 Å². The lowest BCUT2D eigenvalue weighted by Gasteiger charge is -2.27. The highest BCUT2D eigenvalue weighted by molar-refractivity contribution is 5.05. The van der Waals surface area contributed by atoms with E-state index in [9.17, 15) is 0 Å². The summed E-state index contributed by atoms with van der Waals surface area (Å²) in [7, 11) is 2.02. The van der Waals surface area contributed by atoms with Crippen LogP contribution in [-0.2, 0) is 7.05 Å². The van der Waals surface area contributed by atoms with E-state index in [-0.39, 0.29) is 0 Å². The van der Waals surface area contributed by atoms with E-state index in [2.05, 4.69) is 30.3 Å². The third-order valence-electron chi connectivity index (χ3n) is 4.13. The molecule has 3 unspecified atom stereocenters. The van der Waals surface area contributed by atoms with Crippen LogP contribution in [0, 0.1) is 5.92 Å². The molecule has 0 saturated heterocycles. The number of nitrogens with one attached hydrogen (secondary N) is 1. The van der Waals surface area contributed by atoms with E-state index in [0.29, 0.717) is 12.1 Å². The summed E-state index contributed by atoms with van der Waals surface area (Å²) in [5.41, 5.74) is 1.28. The van der Waals surface area contributed by atoms with Crippen LogP contribution in [-0.4, -0.2) is 15.8 Å². The quantitative estimate of drug-likeness (QED) is 0.816. The molecule has 3 heteroatoms. The van der Waals surface area contributed by atoms with Gasteiger partial charge in [-0.1, -0.05) is 26.2 Å². The van der Waals surface area contributed by atoms with Gasteiger partial charge in [-0.25, -0.2) is 0 Å². The topological polar surface area (TPSA) is 29.9 Å². The first-order valence-corrected chi connectivity index (χ1v) is 6.92. The molecule has 0 radical (unpaired) electrons. The Hall–Kier alpha value is -0.830. The van der Waals surface area contributed by atoms with Gasteiger partial charge in [0.1, 0.15) is 0 Å². The highest BCUT2D eigenvalue weighted by Gasteiger charge is 2.22. The monoisotopic (exact) mass is 235 g/mol. The van der Waals surface area contributed by atoms with Crippen molar-refractivity contribution in [3.05, 3.63) is 18.0 Å². The summed E-state index contributed by atoms with van der Waals surface area (Å²) in [6.07, 6.45) is 8.76. The number of hydrogen-bond donors (Lipinski definition) is 1. The van der Waals surface area contributed by atoms with Crippen molar-refractivity contribution in [2.75, 3.05) is 0 Å². The first-order valence-electron chi connectivity index (χ1n) is 6.92. The summed E-state index contributed by atoms with van der Waals surface area (Å²) in [4.78, 5) is 0. The van der Waals surface area contributed by atoms with Crippen LogP contribution in [0.1, 0.15) is 57.7 Å². The molecule has 1 saturated carbocycles. The molecule has 3 atom stereocenters. The fourth-order valence-corrected chi connectivity index (χ4v) is 2.96. The van der Waals surface area contributed by atoms with E-state index in [1.54, 1.807) is 0 Å². The van der Waals surface area contributed by atoms with Crippen LogP contribution in [0.4, 0.5) is 0 Å². The molecule has 1 aliphatic carbocycles. The average molecular weight is 235 g/mol. The molecule has 0 aromatic carbocycles. The van der Waals surface area contributed by atoms with E-state index < -0.39 is 0 Å². The van der Waals surface area contributed by atoms with Crippen LogP contribution in [0.3, 0.4) is 0 Å². The maximum atomic E-state index is 4.24. The van der Waals surface area contributed by atoms with Crippen LogP contribution < -0.4 is 5.32 Å². The van der Waals surface area contributed by atoms with Crippen LogP contribution in [0.5, 0.6) is 0 Å². The smallest absolute Gasteiger partial charge is 0.0547 e. The first kappa shape index (κ1) is 12.6. The molecular weight excluding hydrogens is 210 g/mol. The fourth-order valence-electron chi connectivity index (χ4n) is 2.96. The Labute approximate surface area is 105 Å². The Morgan fingerprint density at radius 3 is 2.82 bits per heavy atom. The lowest BCUT2D eigenvalue weighted by Crippen LogP contribution is -2.36. The summed E-state index contributed by atoms with van der Waals surface area (Å²) in [6.45, 7) is 4.63. The normalized spacial score (nSPS) is 27.7. The molecule has 96 valence electrons. The van der Waals surface area contributed by atoms with Gasteiger partial charge in [0, 0.05) is 25.3 Å². The largest absolute Gasteiger partial charge is 0.306 e. The zero-order chi connectivity index (χ0) is 12.3. The van der Waals surface area contributed by atoms with Gasteiger partial charge in [-0.15, -0.1) is 0 Å². The second kappa shape index (κ2) is 5.67. The number of nitrogens with zero attached hydrogens (tertiary/aromatic N) is 2. The van der Waals surface area contributed by atoms with Crippen LogP contribution in [0.15, 0.2) is 12.3 Å². The molecule has 1 heterocycles. The molecule has 2 rings (SSSR count). The second-order valence-corrected chi connectivity index (χ2v) is 5.49. The highest BCUT2D eigenvalue weighted by Crippen LogP contribution is 2.25. The summed E-state index contributed by atoms with van der Waals surface area (Å²) >= 11 is 0. The molecule has 1 aliphatic rings. The van der Waals surface area contributed by atoms with Gasteiger partial charge in [-0.3, -0.25) is 4.68 Å². The van der Waals surface area contributed by atoms with E-state index in [1.807, 2.05) is 17.9 Å². The molecule has 0 spiro atoms. The maximum absolute atomic E-state index is 4.24. The number of aromatic nitrogens is 2. The first-order chi connectivity index (χ1) is 8.18. The predicted octanol–water partition coefficient (Wildman–Crippen LogP) is 3.04. The molecule has 17 heavy (non-hydrogen) atoms. The van der Waals surface area contributed by atoms with Crippen molar-refractivity contribution in [1.82, 2.24) is 15.1 Å². The minimum atomic E-state index is 0.396. The number of aryl methyl sites for hydroxylation is 1. The van der Waals surface area contributed by atoms with E-state index in [4.69, 9.17) is 0 Å². The van der Waals surface area contributed by atoms with Gasteiger partial charge in [0.15, 0.2) is 0 Å². The second-order valence-electron chi connectivity index (χ2n) is 5.49. The number of hydrogen-bond acceptors (Lipinski definition) is 2. The van der Waals surface area contributed by atoms with Gasteiger partial charge < -0.3 is 5.32 Å². The Morgan fingerprint density at radius 2 is 2.12 bits per heavy atom. The van der Waals surface area contributed by atoms with Crippen LogP contribution in [0.2, 0.25) is 0 Å². The number of rotatable bonds is 3. The molecular formula is C14H25N3. The van der Waals surface area contributed by atoms with Crippen molar-refractivity contribution >= 4 is 0 Å². The Kier molecular flexibility index (Phi) is 4.21. The van der Waals surface area contributed by atoms with Crippen molar-refractivity contribution < 1.29 is 0 Å². The lowest BCUT2D eigenvalue weighted by atomic mass is 9.96. The Balaban J connectivity index is 1.97. The van der Waals surface area contributed by atoms with E-state index >= 15 is 0 Å². The molecule has 1 N–H and O–H groups in total. The molecule has 0 bridgehead atoms. The molecule has 1 fully saturated rings. The molecule has 3 nitrogen and oxygen atoms in total. The van der Waals surface area contributed by atoms with Crippen molar-refractivity contribution in [3.63, 3.8) is 0 Å². The Morgan fingerprint density at radius 1 is 1.35 bits per heavy atom. The van der Waals surface area contributed by atoms with Gasteiger partial charge in [-0.05, 0) is 31.7 Å². The molecule has 0 amide bonds. The van der Waals surface area contributed by atoms with E-state index in [0.717, 1.165) is 5.92 Å². The molecule has 1 aromatic heterocycles. The maximum Gasteiger partial charge on any atom is 0.0547 e. The SMILES string of the molecule is CC(NC1CCCCCC1C)c1ccnn1C. The molecule has 0 aliphatic heterocycles. The Bertz CT molecular complexity index is 345. The van der Waals surface area contributed by atoms with Gasteiger partial charge in [0.05, 0.1) is 5.69 Å². The third kappa shape index (κ3) is 3.09. The van der Waals surface area contributed by atoms with Crippen molar-refractivity contribution in [1.29, 1.82) is 0 Å². The van der Waals surface area contributed by atoms with Crippen molar-refractivity contribution in [3.8, 4) is 0 Å². The van der Waals surface area contributed by atoms with Gasteiger partial charge in [0.25, 0.3) is 0 Å². The lowest BCUT2D eigenvalue weighted by molar-refractivity contribution is 0.324. The fraction of sp³-hybridized carbons (Fsp3) is 0.786. The average Bonchev–Trinajstić information content (AvgIpc) is 2.63. The minimum absolute atomic E-state index is 0.396. The third-order valence-corrected chi connectivity index (χ3v) is 4.13. The van der Waals surface area contributed by atoms with Crippen LogP contribution >= 0.6 is 0 Å². The van der Waals surface area contributed by atoms with Gasteiger partial charge in [-0.2, -0.15) is 5.10 Å². The van der Waals surface area contributed by atoms with Crippen molar-refractivity contribution in [2.45, 2.75) is 58.0 Å². The predicted molar refractivity (Wildman–Crippen MR) is 70.8 cm³/mol. The summed E-state index contributed by atoms with van der Waals surface area (Å²) in [5, 5.41) is 8.04. The van der Waals surface area contributed by atoms with Gasteiger partial charge >= 0.3 is 0 Å². The zero-order valence-corrected chi connectivity index (χ0v) is 11.3. The zero-order valence-electron chi connectivity index (χ0n) is 11.3. The minimum Gasteiger partial charge on any atom is -0.306 e. The van der Waals surface area contributed by atoms with Gasteiger partial charge in [0.2, 0.25) is 0 Å². The summed E-state index contributed by atoms with van der Waals surface area (Å²) < 4.78 is 1.97.